The van der Waals surface area contributed by atoms with Crippen LogP contribution < -0.4 is 15.5 Å². The van der Waals surface area contributed by atoms with Crippen molar-refractivity contribution in [1.29, 1.82) is 0 Å². The molecule has 0 aliphatic carbocycles. The summed E-state index contributed by atoms with van der Waals surface area (Å²) in [5.74, 6) is 0.403. The molecule has 2 aliphatic heterocycles. The minimum Gasteiger partial charge on any atom is -0.494 e. The van der Waals surface area contributed by atoms with Gasteiger partial charge >= 0.3 is 0 Å². The molecule has 0 radical (unpaired) electrons. The molecule has 2 amide bonds. The number of halogens is 1. The lowest BCUT2D eigenvalue weighted by Gasteiger charge is -2.31. The van der Waals surface area contributed by atoms with Crippen LogP contribution in [0.1, 0.15) is 24.9 Å². The highest BCUT2D eigenvalue weighted by molar-refractivity contribution is 6.33. The second-order valence-electron chi connectivity index (χ2n) is 7.13. The van der Waals surface area contributed by atoms with E-state index in [0.29, 0.717) is 23.7 Å². The molecule has 2 heterocycles. The number of hydrogen-bond acceptors (Lipinski definition) is 5. The Balaban J connectivity index is 1.38. The molecule has 1 fully saturated rings. The van der Waals surface area contributed by atoms with Crippen molar-refractivity contribution in [2.45, 2.75) is 25.4 Å². The predicted octanol–water partition coefficient (Wildman–Crippen LogP) is 3.31. The van der Waals surface area contributed by atoms with Crippen LogP contribution in [-0.4, -0.2) is 40.9 Å². The number of ether oxygens (including phenoxy) is 1. The first-order chi connectivity index (χ1) is 14.5. The van der Waals surface area contributed by atoms with Crippen LogP contribution in [0.3, 0.4) is 0 Å². The molecule has 4 rings (SSSR count). The van der Waals surface area contributed by atoms with Gasteiger partial charge in [-0.15, -0.1) is 0 Å². The average Bonchev–Trinajstić information content (AvgIpc) is 3.18. The summed E-state index contributed by atoms with van der Waals surface area (Å²) in [6.07, 6.45) is 4.03. The van der Waals surface area contributed by atoms with Gasteiger partial charge in [-0.1, -0.05) is 35.9 Å². The zero-order chi connectivity index (χ0) is 21.1. The number of hydrazine groups is 1. The highest BCUT2D eigenvalue weighted by atomic mass is 35.5. The first-order valence-electron chi connectivity index (χ1n) is 9.85. The Bertz CT molecular complexity index is 963. The topological polar surface area (TPSA) is 73.9 Å². The smallest absolute Gasteiger partial charge is 0.251 e. The van der Waals surface area contributed by atoms with Gasteiger partial charge in [0.05, 0.1) is 23.4 Å². The van der Waals surface area contributed by atoms with E-state index in [1.807, 2.05) is 36.2 Å². The first kappa shape index (κ1) is 20.3. The monoisotopic (exact) mass is 426 g/mol. The quantitative estimate of drug-likeness (QED) is 0.741. The van der Waals surface area contributed by atoms with Gasteiger partial charge in [-0.3, -0.25) is 9.59 Å². The molecule has 2 aliphatic rings. The summed E-state index contributed by atoms with van der Waals surface area (Å²) in [6, 6.07) is 14.5. The van der Waals surface area contributed by atoms with E-state index in [0.717, 1.165) is 11.3 Å². The van der Waals surface area contributed by atoms with E-state index in [2.05, 4.69) is 10.7 Å². The van der Waals surface area contributed by atoms with Crippen molar-refractivity contribution >= 4 is 29.1 Å². The molecule has 30 heavy (non-hydrogen) atoms. The summed E-state index contributed by atoms with van der Waals surface area (Å²) in [7, 11) is 0. The maximum Gasteiger partial charge on any atom is 0.251 e. The number of fused-ring (bicyclic) bond motifs is 1. The molecule has 0 saturated carbocycles. The Morgan fingerprint density at radius 3 is 2.70 bits per heavy atom. The molecule has 0 bridgehead atoms. The van der Waals surface area contributed by atoms with Gasteiger partial charge in [0.15, 0.2) is 0 Å². The van der Waals surface area contributed by atoms with Crippen LogP contribution in [0.15, 0.2) is 60.9 Å². The van der Waals surface area contributed by atoms with Crippen LogP contribution in [0.2, 0.25) is 5.02 Å². The zero-order valence-corrected chi connectivity index (χ0v) is 17.3. The number of rotatable bonds is 6. The molecule has 0 aromatic heterocycles. The third-order valence-corrected chi connectivity index (χ3v) is 5.46. The number of carbonyl (C=O) groups is 2. The van der Waals surface area contributed by atoms with Crippen molar-refractivity contribution in [2.24, 2.45) is 0 Å². The summed E-state index contributed by atoms with van der Waals surface area (Å²) in [5, 5.41) is 5.01. The van der Waals surface area contributed by atoms with Crippen LogP contribution >= 0.6 is 11.6 Å². The van der Waals surface area contributed by atoms with E-state index in [1.165, 1.54) is 4.90 Å². The lowest BCUT2D eigenvalue weighted by molar-refractivity contribution is -0.137. The van der Waals surface area contributed by atoms with Crippen LogP contribution in [0.4, 0.5) is 5.69 Å². The van der Waals surface area contributed by atoms with Gasteiger partial charge in [0.1, 0.15) is 18.3 Å². The lowest BCUT2D eigenvalue weighted by atomic mass is 10.0. The van der Waals surface area contributed by atoms with Crippen LogP contribution in [0.5, 0.6) is 5.75 Å². The summed E-state index contributed by atoms with van der Waals surface area (Å²) < 4.78 is 5.49. The molecule has 7 nitrogen and oxygen atoms in total. The molecular weight excluding hydrogens is 404 g/mol. The van der Waals surface area contributed by atoms with Gasteiger partial charge in [0.25, 0.3) is 5.91 Å². The Labute approximate surface area is 180 Å². The van der Waals surface area contributed by atoms with Crippen molar-refractivity contribution in [3.8, 4) is 5.75 Å². The second-order valence-corrected chi connectivity index (χ2v) is 7.54. The minimum absolute atomic E-state index is 0.0104. The fourth-order valence-electron chi connectivity index (χ4n) is 3.65. The number of hydrogen-bond donors (Lipinski definition) is 2. The van der Waals surface area contributed by atoms with Crippen LogP contribution in [0, 0.1) is 0 Å². The predicted molar refractivity (Wildman–Crippen MR) is 115 cm³/mol. The average molecular weight is 427 g/mol. The number of para-hydroxylation sites is 1. The SMILES string of the molecule is CCOc1ccc(C2CC3C(=O)N(CC(=O)Nc4ccccc4Cl)C=CN3N2)cc1. The fourth-order valence-corrected chi connectivity index (χ4v) is 3.84. The molecule has 2 unspecified atom stereocenters. The molecule has 0 spiro atoms. The van der Waals surface area contributed by atoms with Gasteiger partial charge in [0.2, 0.25) is 5.91 Å². The molecular formula is C22H23ClN4O3. The van der Waals surface area contributed by atoms with E-state index in [-0.39, 0.29) is 30.4 Å². The zero-order valence-electron chi connectivity index (χ0n) is 16.5. The van der Waals surface area contributed by atoms with E-state index < -0.39 is 0 Å². The van der Waals surface area contributed by atoms with Crippen molar-refractivity contribution in [3.63, 3.8) is 0 Å². The Morgan fingerprint density at radius 1 is 1.20 bits per heavy atom. The summed E-state index contributed by atoms with van der Waals surface area (Å²) in [4.78, 5) is 26.8. The van der Waals surface area contributed by atoms with Crippen LogP contribution in [-0.2, 0) is 9.59 Å². The number of anilines is 1. The maximum atomic E-state index is 12.9. The van der Waals surface area contributed by atoms with Crippen molar-refractivity contribution in [3.05, 3.63) is 71.5 Å². The van der Waals surface area contributed by atoms with Crippen LogP contribution in [0.25, 0.3) is 0 Å². The van der Waals surface area contributed by atoms with Gasteiger partial charge < -0.3 is 20.0 Å². The van der Waals surface area contributed by atoms with Gasteiger partial charge in [-0.2, -0.15) is 0 Å². The highest BCUT2D eigenvalue weighted by Crippen LogP contribution is 2.31. The third-order valence-electron chi connectivity index (χ3n) is 5.13. The van der Waals surface area contributed by atoms with E-state index in [1.54, 1.807) is 36.7 Å². The number of nitrogens with zero attached hydrogens (tertiary/aromatic N) is 2. The summed E-state index contributed by atoms with van der Waals surface area (Å²) >= 11 is 6.08. The normalized spacial score (nSPS) is 20.3. The third kappa shape index (κ3) is 4.27. The first-order valence-corrected chi connectivity index (χ1v) is 10.2. The molecule has 2 atom stereocenters. The maximum absolute atomic E-state index is 12.9. The van der Waals surface area contributed by atoms with Crippen molar-refractivity contribution in [2.75, 3.05) is 18.5 Å². The number of nitrogens with one attached hydrogen (secondary N) is 2. The van der Waals surface area contributed by atoms with Crippen molar-refractivity contribution < 1.29 is 14.3 Å². The highest BCUT2D eigenvalue weighted by Gasteiger charge is 2.40. The molecule has 156 valence electrons. The van der Waals surface area contributed by atoms with Gasteiger partial charge in [0, 0.05) is 12.4 Å². The van der Waals surface area contributed by atoms with E-state index >= 15 is 0 Å². The standard InChI is InChI=1S/C22H23ClN4O3/c1-2-30-16-9-7-15(8-10-16)19-13-20-22(29)26(11-12-27(20)25-19)14-21(28)24-18-6-4-3-5-17(18)23/h3-12,19-20,25H,2,13-14H2,1H3,(H,24,28). The van der Waals surface area contributed by atoms with Crippen molar-refractivity contribution in [1.82, 2.24) is 15.3 Å². The van der Waals surface area contributed by atoms with E-state index in [4.69, 9.17) is 16.3 Å². The fraction of sp³-hybridized carbons (Fsp3) is 0.273. The molecule has 2 aromatic rings. The lowest BCUT2D eigenvalue weighted by Crippen LogP contribution is -2.49. The Morgan fingerprint density at radius 2 is 1.97 bits per heavy atom. The molecule has 8 heteroatoms. The largest absolute Gasteiger partial charge is 0.494 e. The summed E-state index contributed by atoms with van der Waals surface area (Å²) in [6.45, 7) is 2.50. The second kappa shape index (κ2) is 8.77. The number of amides is 2. The summed E-state index contributed by atoms with van der Waals surface area (Å²) in [5.41, 5.74) is 4.96. The number of carbonyl (C=O) groups excluding carboxylic acids is 2. The minimum atomic E-state index is -0.361. The Hall–Kier alpha value is -3.03. The Kier molecular flexibility index (Phi) is 5.92. The van der Waals surface area contributed by atoms with Gasteiger partial charge in [-0.05, 0) is 43.2 Å². The molecule has 1 saturated heterocycles. The molecule has 2 aromatic carbocycles. The van der Waals surface area contributed by atoms with Gasteiger partial charge in [-0.25, -0.2) is 5.43 Å². The number of benzene rings is 2. The van der Waals surface area contributed by atoms with E-state index in [9.17, 15) is 9.59 Å². The molecule has 2 N–H and O–H groups in total.